The fourth-order valence-corrected chi connectivity index (χ4v) is 2.30. The Bertz CT molecular complexity index is 667. The molecule has 1 amide bonds. The van der Waals surface area contributed by atoms with Crippen LogP contribution in [0.3, 0.4) is 0 Å². The Morgan fingerprint density at radius 2 is 2.20 bits per heavy atom. The van der Waals surface area contributed by atoms with Gasteiger partial charge in [0.05, 0.1) is 11.2 Å². The molecule has 0 aliphatic carbocycles. The third kappa shape index (κ3) is 2.77. The van der Waals surface area contributed by atoms with Crippen molar-refractivity contribution < 1.29 is 9.59 Å². The Labute approximate surface area is 117 Å². The Balaban J connectivity index is 2.45. The van der Waals surface area contributed by atoms with E-state index in [-0.39, 0.29) is 12.3 Å². The number of amides is 1. The quantitative estimate of drug-likeness (QED) is 0.638. The van der Waals surface area contributed by atoms with E-state index >= 15 is 0 Å². The van der Waals surface area contributed by atoms with Gasteiger partial charge < -0.3 is 16.3 Å². The molecular weight excluding hydrogens is 254 g/mol. The van der Waals surface area contributed by atoms with Crippen LogP contribution in [0.1, 0.15) is 30.0 Å². The number of primary amides is 1. The van der Waals surface area contributed by atoms with Crippen LogP contribution in [0.5, 0.6) is 0 Å². The van der Waals surface area contributed by atoms with Crippen molar-refractivity contribution in [2.45, 2.75) is 25.7 Å². The lowest BCUT2D eigenvalue weighted by Crippen LogP contribution is -2.13. The minimum Gasteiger partial charge on any atom is -0.397 e. The lowest BCUT2D eigenvalue weighted by atomic mass is 9.93. The number of carbonyl (C=O) groups is 2. The molecule has 5 heteroatoms. The highest BCUT2D eigenvalue weighted by molar-refractivity contribution is 5.90. The van der Waals surface area contributed by atoms with Crippen molar-refractivity contribution >= 4 is 28.8 Å². The molecule has 0 bridgehead atoms. The van der Waals surface area contributed by atoms with Crippen LogP contribution in [0.15, 0.2) is 24.3 Å². The first-order valence-corrected chi connectivity index (χ1v) is 6.42. The van der Waals surface area contributed by atoms with E-state index in [2.05, 4.69) is 4.98 Å². The van der Waals surface area contributed by atoms with Crippen LogP contribution in [-0.2, 0) is 9.59 Å². The molecule has 20 heavy (non-hydrogen) atoms. The third-order valence-corrected chi connectivity index (χ3v) is 3.37. The first-order valence-electron chi connectivity index (χ1n) is 6.42. The number of nitrogens with zero attached hydrogens (tertiary/aromatic N) is 1. The number of hydrogen-bond donors (Lipinski definition) is 2. The zero-order chi connectivity index (χ0) is 14.7. The molecule has 2 aromatic rings. The molecule has 0 radical (unpaired) electrons. The Hall–Kier alpha value is -2.43. The molecule has 1 heterocycles. The van der Waals surface area contributed by atoms with E-state index in [4.69, 9.17) is 11.5 Å². The molecule has 0 fully saturated rings. The van der Waals surface area contributed by atoms with Gasteiger partial charge in [-0.2, -0.15) is 0 Å². The van der Waals surface area contributed by atoms with Crippen molar-refractivity contribution in [1.29, 1.82) is 0 Å². The van der Waals surface area contributed by atoms with Crippen LogP contribution < -0.4 is 11.5 Å². The number of carbonyl (C=O) groups excluding carboxylic acids is 2. The average Bonchev–Trinajstić information content (AvgIpc) is 2.41. The Kier molecular flexibility index (Phi) is 3.98. The van der Waals surface area contributed by atoms with E-state index in [0.29, 0.717) is 12.1 Å². The van der Waals surface area contributed by atoms with Gasteiger partial charge in [0.15, 0.2) is 0 Å². The Morgan fingerprint density at radius 1 is 1.45 bits per heavy atom. The monoisotopic (exact) mass is 271 g/mol. The topological polar surface area (TPSA) is 99.1 Å². The SMILES string of the molecule is Cc1nc2c(N)cccc2cc1C(C=O)CCC(N)=O. The number of aromatic nitrogens is 1. The van der Waals surface area contributed by atoms with Crippen LogP contribution in [-0.4, -0.2) is 17.2 Å². The summed E-state index contributed by atoms with van der Waals surface area (Å²) in [6.45, 7) is 1.84. The number of benzene rings is 1. The number of rotatable bonds is 5. The lowest BCUT2D eigenvalue weighted by molar-refractivity contribution is -0.118. The molecule has 1 aromatic carbocycles. The fraction of sp³-hybridized carbons (Fsp3) is 0.267. The summed E-state index contributed by atoms with van der Waals surface area (Å²) >= 11 is 0. The highest BCUT2D eigenvalue weighted by Crippen LogP contribution is 2.27. The van der Waals surface area contributed by atoms with Crippen molar-refractivity contribution in [1.82, 2.24) is 4.98 Å². The van der Waals surface area contributed by atoms with E-state index in [9.17, 15) is 9.59 Å². The molecule has 1 atom stereocenters. The molecule has 0 saturated heterocycles. The summed E-state index contributed by atoms with van der Waals surface area (Å²) < 4.78 is 0. The molecular formula is C15H17N3O2. The average molecular weight is 271 g/mol. The molecule has 5 nitrogen and oxygen atoms in total. The molecule has 104 valence electrons. The minimum absolute atomic E-state index is 0.178. The first kappa shape index (κ1) is 14.0. The van der Waals surface area contributed by atoms with Crippen molar-refractivity contribution in [3.8, 4) is 0 Å². The second kappa shape index (κ2) is 5.69. The van der Waals surface area contributed by atoms with Crippen molar-refractivity contribution in [2.24, 2.45) is 5.73 Å². The summed E-state index contributed by atoms with van der Waals surface area (Å²) in [6.07, 6.45) is 1.41. The molecule has 2 rings (SSSR count). The van der Waals surface area contributed by atoms with Gasteiger partial charge in [-0.3, -0.25) is 9.78 Å². The normalized spacial score (nSPS) is 12.2. The van der Waals surface area contributed by atoms with Gasteiger partial charge in [0.1, 0.15) is 6.29 Å². The molecule has 0 spiro atoms. The summed E-state index contributed by atoms with van der Waals surface area (Å²) in [4.78, 5) is 26.6. The molecule has 4 N–H and O–H groups in total. The van der Waals surface area contributed by atoms with Crippen LogP contribution in [0, 0.1) is 6.92 Å². The lowest BCUT2D eigenvalue weighted by Gasteiger charge is -2.14. The maximum absolute atomic E-state index is 11.3. The van der Waals surface area contributed by atoms with E-state index < -0.39 is 5.91 Å². The number of anilines is 1. The molecule has 0 aliphatic heterocycles. The fourth-order valence-electron chi connectivity index (χ4n) is 2.30. The summed E-state index contributed by atoms with van der Waals surface area (Å²) in [6, 6.07) is 7.45. The highest BCUT2D eigenvalue weighted by atomic mass is 16.1. The van der Waals surface area contributed by atoms with Gasteiger partial charge in [0.25, 0.3) is 0 Å². The van der Waals surface area contributed by atoms with E-state index in [1.807, 2.05) is 25.1 Å². The molecule has 1 unspecified atom stereocenters. The standard InChI is InChI=1S/C15H17N3O2/c1-9-12(11(8-19)5-6-14(17)20)7-10-3-2-4-13(16)15(10)18-9/h2-4,7-8,11H,5-6,16H2,1H3,(H2,17,20). The summed E-state index contributed by atoms with van der Waals surface area (Å²) in [5.74, 6) is -0.784. The number of pyridine rings is 1. The zero-order valence-electron chi connectivity index (χ0n) is 11.3. The van der Waals surface area contributed by atoms with Gasteiger partial charge in [-0.05, 0) is 31.0 Å². The maximum atomic E-state index is 11.3. The molecule has 1 aromatic heterocycles. The third-order valence-electron chi connectivity index (χ3n) is 3.37. The number of hydrogen-bond acceptors (Lipinski definition) is 4. The van der Waals surface area contributed by atoms with Gasteiger partial charge >= 0.3 is 0 Å². The van der Waals surface area contributed by atoms with E-state index in [1.54, 1.807) is 6.07 Å². The Morgan fingerprint density at radius 3 is 2.85 bits per heavy atom. The van der Waals surface area contributed by atoms with Gasteiger partial charge in [0, 0.05) is 23.4 Å². The summed E-state index contributed by atoms with van der Waals surface area (Å²) in [7, 11) is 0. The smallest absolute Gasteiger partial charge is 0.217 e. The van der Waals surface area contributed by atoms with Gasteiger partial charge in [-0.25, -0.2) is 0 Å². The van der Waals surface area contributed by atoms with Crippen LogP contribution in [0.25, 0.3) is 10.9 Å². The van der Waals surface area contributed by atoms with Gasteiger partial charge in [-0.15, -0.1) is 0 Å². The van der Waals surface area contributed by atoms with Crippen molar-refractivity contribution in [3.05, 3.63) is 35.5 Å². The first-order chi connectivity index (χ1) is 9.52. The van der Waals surface area contributed by atoms with Crippen molar-refractivity contribution in [3.63, 3.8) is 0 Å². The van der Waals surface area contributed by atoms with E-state index in [1.165, 1.54) is 0 Å². The number of nitrogens with two attached hydrogens (primary N) is 2. The van der Waals surface area contributed by atoms with E-state index in [0.717, 1.165) is 28.4 Å². The second-order valence-corrected chi connectivity index (χ2v) is 4.83. The highest BCUT2D eigenvalue weighted by Gasteiger charge is 2.16. The largest absolute Gasteiger partial charge is 0.397 e. The number of fused-ring (bicyclic) bond motifs is 1. The second-order valence-electron chi connectivity index (χ2n) is 4.83. The van der Waals surface area contributed by atoms with Gasteiger partial charge in [0.2, 0.25) is 5.91 Å². The maximum Gasteiger partial charge on any atom is 0.217 e. The summed E-state index contributed by atoms with van der Waals surface area (Å²) in [5.41, 5.74) is 13.9. The predicted octanol–water partition coefficient (Wildman–Crippen LogP) is 1.67. The van der Waals surface area contributed by atoms with Crippen LogP contribution >= 0.6 is 0 Å². The number of aldehydes is 1. The predicted molar refractivity (Wildman–Crippen MR) is 78.1 cm³/mol. The molecule has 0 saturated carbocycles. The van der Waals surface area contributed by atoms with Crippen molar-refractivity contribution in [2.75, 3.05) is 5.73 Å². The van der Waals surface area contributed by atoms with Crippen LogP contribution in [0.2, 0.25) is 0 Å². The number of aryl methyl sites for hydroxylation is 1. The minimum atomic E-state index is -0.410. The number of nitrogen functional groups attached to an aromatic ring is 1. The zero-order valence-corrected chi connectivity index (χ0v) is 11.3. The summed E-state index contributed by atoms with van der Waals surface area (Å²) in [5, 5.41) is 0.886. The number of para-hydroxylation sites is 1. The van der Waals surface area contributed by atoms with Crippen LogP contribution in [0.4, 0.5) is 5.69 Å². The molecule has 0 aliphatic rings. The van der Waals surface area contributed by atoms with Gasteiger partial charge in [-0.1, -0.05) is 12.1 Å².